The number of piperazine rings is 1. The molecule has 0 N–H and O–H groups in total. The van der Waals surface area contributed by atoms with Crippen LogP contribution in [0.2, 0.25) is 0 Å². The van der Waals surface area contributed by atoms with Crippen LogP contribution in [-0.2, 0) is 15.6 Å². The van der Waals surface area contributed by atoms with E-state index in [2.05, 4.69) is 117 Å². The molecule has 2 heterocycles. The van der Waals surface area contributed by atoms with Gasteiger partial charge in [0.25, 0.3) is 0 Å². The Bertz CT molecular complexity index is 1600. The van der Waals surface area contributed by atoms with Crippen LogP contribution in [0.25, 0.3) is 11.0 Å². The number of hydrogen-bond acceptors (Lipinski definition) is 4. The number of carbonyl (C=O) groups is 1. The van der Waals surface area contributed by atoms with Crippen LogP contribution in [0, 0.1) is 19.3 Å². The molecule has 2 fully saturated rings. The van der Waals surface area contributed by atoms with Gasteiger partial charge in [0.05, 0.1) is 33.9 Å². The minimum absolute atomic E-state index is 0.175. The molecule has 2 bridgehead atoms. The van der Waals surface area contributed by atoms with Crippen LogP contribution in [-0.4, -0.2) is 51.9 Å². The monoisotopic (exact) mass is 544 g/mol. The number of nitrogens with zero attached hydrogens (tertiary/aromatic N) is 4. The van der Waals surface area contributed by atoms with Gasteiger partial charge in [0.15, 0.2) is 0 Å². The normalized spacial score (nSPS) is 25.2. The van der Waals surface area contributed by atoms with Gasteiger partial charge in [-0.1, -0.05) is 81.4 Å². The van der Waals surface area contributed by atoms with Gasteiger partial charge in [-0.2, -0.15) is 0 Å². The molecule has 3 aliphatic rings. The van der Waals surface area contributed by atoms with E-state index in [4.69, 9.17) is 9.97 Å². The molecule has 1 saturated heterocycles. The standard InChI is InChI=1S/C36H40N4O/c1-24-22-28-29(23-25(24)2)38-32-31(37-28)35(5)16-17-36(32,34(35,3)4)33(41)40-20-18-39(19-21-40)30(26-12-8-6-9-13-26)27-14-10-7-11-15-27/h6-15,22-23,30H,16-21H2,1-5H3. The van der Waals surface area contributed by atoms with Crippen LogP contribution >= 0.6 is 0 Å². The summed E-state index contributed by atoms with van der Waals surface area (Å²) in [6.45, 7) is 14.3. The van der Waals surface area contributed by atoms with Crippen LogP contribution in [0.1, 0.15) is 73.3 Å². The van der Waals surface area contributed by atoms with Crippen molar-refractivity contribution in [2.45, 2.75) is 64.3 Å². The topological polar surface area (TPSA) is 49.3 Å². The fourth-order valence-corrected chi connectivity index (χ4v) is 8.17. The Balaban J connectivity index is 1.22. The summed E-state index contributed by atoms with van der Waals surface area (Å²) in [6, 6.07) is 26.0. The first-order valence-corrected chi connectivity index (χ1v) is 15.1. The quantitative estimate of drug-likeness (QED) is 0.294. The Kier molecular flexibility index (Phi) is 5.92. The van der Waals surface area contributed by atoms with Gasteiger partial charge in [-0.3, -0.25) is 9.69 Å². The number of amides is 1. The van der Waals surface area contributed by atoms with E-state index in [1.807, 2.05) is 0 Å². The maximum Gasteiger partial charge on any atom is 0.235 e. The third-order valence-corrected chi connectivity index (χ3v) is 11.2. The molecule has 0 spiro atoms. The Labute approximate surface area is 243 Å². The van der Waals surface area contributed by atoms with Gasteiger partial charge < -0.3 is 4.90 Å². The van der Waals surface area contributed by atoms with Crippen molar-refractivity contribution >= 4 is 16.9 Å². The first-order chi connectivity index (χ1) is 19.7. The first kappa shape index (κ1) is 26.3. The zero-order valence-electron chi connectivity index (χ0n) is 24.9. The molecule has 2 aliphatic carbocycles. The van der Waals surface area contributed by atoms with E-state index >= 15 is 0 Å². The Morgan fingerprint density at radius 3 is 1.78 bits per heavy atom. The number of benzene rings is 3. The summed E-state index contributed by atoms with van der Waals surface area (Å²) in [5.41, 5.74) is 7.78. The lowest BCUT2D eigenvalue weighted by atomic mass is 9.63. The average Bonchev–Trinajstić information content (AvgIpc) is 3.28. The van der Waals surface area contributed by atoms with E-state index in [1.165, 1.54) is 22.3 Å². The number of fused-ring (bicyclic) bond motifs is 6. The van der Waals surface area contributed by atoms with Crippen molar-refractivity contribution in [2.24, 2.45) is 5.41 Å². The van der Waals surface area contributed by atoms with Crippen molar-refractivity contribution in [3.63, 3.8) is 0 Å². The maximum atomic E-state index is 14.8. The van der Waals surface area contributed by atoms with E-state index in [-0.39, 0.29) is 22.8 Å². The van der Waals surface area contributed by atoms with Crippen molar-refractivity contribution in [1.82, 2.24) is 19.8 Å². The van der Waals surface area contributed by atoms with Crippen molar-refractivity contribution in [1.29, 1.82) is 0 Å². The third-order valence-electron chi connectivity index (χ3n) is 11.2. The molecule has 5 heteroatoms. The highest BCUT2D eigenvalue weighted by Gasteiger charge is 2.73. The van der Waals surface area contributed by atoms with Gasteiger partial charge in [-0.15, -0.1) is 0 Å². The minimum atomic E-state index is -0.641. The summed E-state index contributed by atoms with van der Waals surface area (Å²) in [7, 11) is 0. The Morgan fingerprint density at radius 2 is 1.24 bits per heavy atom. The lowest BCUT2D eigenvalue weighted by Gasteiger charge is -2.45. The second-order valence-electron chi connectivity index (χ2n) is 13.3. The molecule has 2 atom stereocenters. The second-order valence-corrected chi connectivity index (χ2v) is 13.3. The zero-order valence-corrected chi connectivity index (χ0v) is 24.9. The van der Waals surface area contributed by atoms with Crippen LogP contribution in [0.4, 0.5) is 0 Å². The highest BCUT2D eigenvalue weighted by Crippen LogP contribution is 2.70. The first-order valence-electron chi connectivity index (χ1n) is 15.1. The predicted octanol–water partition coefficient (Wildman–Crippen LogP) is 6.51. The van der Waals surface area contributed by atoms with E-state index in [9.17, 15) is 4.79 Å². The summed E-state index contributed by atoms with van der Waals surface area (Å²) >= 11 is 0. The smallest absolute Gasteiger partial charge is 0.235 e. The maximum absolute atomic E-state index is 14.8. The van der Waals surface area contributed by atoms with Crippen LogP contribution < -0.4 is 0 Å². The fraction of sp³-hybridized carbons (Fsp3) is 0.417. The molecule has 210 valence electrons. The van der Waals surface area contributed by atoms with E-state index in [0.29, 0.717) is 0 Å². The van der Waals surface area contributed by atoms with Gasteiger partial charge in [0.2, 0.25) is 5.91 Å². The fourth-order valence-electron chi connectivity index (χ4n) is 8.17. The van der Waals surface area contributed by atoms with Gasteiger partial charge in [0.1, 0.15) is 0 Å². The molecule has 1 amide bonds. The van der Waals surface area contributed by atoms with E-state index in [1.54, 1.807) is 0 Å². The zero-order chi connectivity index (χ0) is 28.6. The molecule has 4 aromatic rings. The molecule has 3 aromatic carbocycles. The Morgan fingerprint density at radius 1 is 0.732 bits per heavy atom. The van der Waals surface area contributed by atoms with Gasteiger partial charge >= 0.3 is 0 Å². The highest BCUT2D eigenvalue weighted by atomic mass is 16.2. The number of rotatable bonds is 4. The molecule has 41 heavy (non-hydrogen) atoms. The molecule has 1 aromatic heterocycles. The largest absolute Gasteiger partial charge is 0.339 e. The summed E-state index contributed by atoms with van der Waals surface area (Å²) in [6.07, 6.45) is 1.80. The summed E-state index contributed by atoms with van der Waals surface area (Å²) in [4.78, 5) is 30.0. The molecule has 5 nitrogen and oxygen atoms in total. The van der Waals surface area contributed by atoms with Crippen LogP contribution in [0.5, 0.6) is 0 Å². The third kappa shape index (κ3) is 3.61. The van der Waals surface area contributed by atoms with E-state index in [0.717, 1.165) is 61.4 Å². The summed E-state index contributed by atoms with van der Waals surface area (Å²) in [5.74, 6) is 0.248. The molecule has 7 rings (SSSR count). The van der Waals surface area contributed by atoms with Crippen LogP contribution in [0.15, 0.2) is 72.8 Å². The van der Waals surface area contributed by atoms with E-state index < -0.39 is 5.41 Å². The summed E-state index contributed by atoms with van der Waals surface area (Å²) in [5, 5.41) is 0. The summed E-state index contributed by atoms with van der Waals surface area (Å²) < 4.78 is 0. The minimum Gasteiger partial charge on any atom is -0.339 e. The molecule has 1 aliphatic heterocycles. The van der Waals surface area contributed by atoms with Crippen molar-refractivity contribution in [2.75, 3.05) is 26.2 Å². The highest BCUT2D eigenvalue weighted by molar-refractivity contribution is 5.93. The SMILES string of the molecule is Cc1cc2nc3c(nc2cc1C)C1(C(=O)N2CCN(C(c4ccccc4)c4ccccc4)CC2)CCC3(C)C1(C)C. The van der Waals surface area contributed by atoms with Crippen molar-refractivity contribution in [3.8, 4) is 0 Å². The van der Waals surface area contributed by atoms with Crippen LogP contribution in [0.3, 0.4) is 0 Å². The molecular formula is C36H40N4O. The van der Waals surface area contributed by atoms with Crippen molar-refractivity contribution in [3.05, 3.63) is 106 Å². The van der Waals surface area contributed by atoms with Crippen molar-refractivity contribution < 1.29 is 4.79 Å². The number of hydrogen-bond donors (Lipinski definition) is 0. The second kappa shape index (κ2) is 9.22. The molecule has 2 unspecified atom stereocenters. The lowest BCUT2D eigenvalue weighted by molar-refractivity contribution is -0.143. The van der Waals surface area contributed by atoms with Gasteiger partial charge in [-0.05, 0) is 66.5 Å². The molecular weight excluding hydrogens is 504 g/mol. The number of aromatic nitrogens is 2. The van der Waals surface area contributed by atoms with Gasteiger partial charge in [0, 0.05) is 31.6 Å². The predicted molar refractivity (Wildman–Crippen MR) is 164 cm³/mol. The molecule has 1 saturated carbocycles. The number of carbonyl (C=O) groups excluding carboxylic acids is 1. The van der Waals surface area contributed by atoms with Gasteiger partial charge in [-0.25, -0.2) is 9.97 Å². The molecule has 0 radical (unpaired) electrons. The number of aryl methyl sites for hydroxylation is 2. The lowest BCUT2D eigenvalue weighted by Crippen LogP contribution is -2.57. The average molecular weight is 545 g/mol. The Hall–Kier alpha value is -3.57.